The topological polar surface area (TPSA) is 9.23 Å². The van der Waals surface area contributed by atoms with Crippen LogP contribution in [0.2, 0.25) is 10.0 Å². The van der Waals surface area contributed by atoms with E-state index in [0.29, 0.717) is 16.7 Å². The molecule has 0 bridgehead atoms. The molecular formula is C9H10Cl2O. The summed E-state index contributed by atoms with van der Waals surface area (Å²) < 4.78 is 5.25. The molecule has 0 aromatic heterocycles. The van der Waals surface area contributed by atoms with Crippen molar-refractivity contribution < 1.29 is 4.74 Å². The van der Waals surface area contributed by atoms with Crippen LogP contribution in [0.25, 0.3) is 0 Å². The maximum absolute atomic E-state index is 5.89. The highest BCUT2D eigenvalue weighted by Crippen LogP contribution is 2.29. The van der Waals surface area contributed by atoms with Crippen LogP contribution in [0.5, 0.6) is 5.75 Å². The lowest BCUT2D eigenvalue weighted by molar-refractivity contribution is 0.340. The van der Waals surface area contributed by atoms with Gasteiger partial charge in [-0.3, -0.25) is 0 Å². The second-order valence-corrected chi connectivity index (χ2v) is 3.26. The summed E-state index contributed by atoms with van der Waals surface area (Å²) in [6, 6.07) is 3.54. The van der Waals surface area contributed by atoms with E-state index in [1.54, 1.807) is 12.1 Å². The molecule has 0 unspecified atom stereocenters. The lowest BCUT2D eigenvalue weighted by Gasteiger charge is -2.06. The molecule has 0 amide bonds. The van der Waals surface area contributed by atoms with E-state index in [0.717, 1.165) is 11.3 Å². The number of ether oxygens (including phenoxy) is 1. The molecule has 0 atom stereocenters. The summed E-state index contributed by atoms with van der Waals surface area (Å²) in [5.41, 5.74) is 0.891. The van der Waals surface area contributed by atoms with Gasteiger partial charge in [0.05, 0.1) is 6.61 Å². The molecule has 0 radical (unpaired) electrons. The van der Waals surface area contributed by atoms with Crippen LogP contribution in [0.3, 0.4) is 0 Å². The molecule has 1 aromatic rings. The normalized spacial score (nSPS) is 10.0. The van der Waals surface area contributed by atoms with Gasteiger partial charge in [0.1, 0.15) is 5.75 Å². The third kappa shape index (κ3) is 2.05. The average Bonchev–Trinajstić information content (AvgIpc) is 2.01. The van der Waals surface area contributed by atoms with Crippen LogP contribution in [-0.4, -0.2) is 6.61 Å². The number of rotatable bonds is 2. The van der Waals surface area contributed by atoms with Gasteiger partial charge in [-0.25, -0.2) is 0 Å². The summed E-state index contributed by atoms with van der Waals surface area (Å²) in [6.07, 6.45) is 0. The van der Waals surface area contributed by atoms with Crippen LogP contribution < -0.4 is 4.74 Å². The molecule has 0 N–H and O–H groups in total. The molecule has 0 saturated carbocycles. The zero-order valence-corrected chi connectivity index (χ0v) is 8.54. The van der Waals surface area contributed by atoms with E-state index in [2.05, 4.69) is 0 Å². The van der Waals surface area contributed by atoms with E-state index in [9.17, 15) is 0 Å². The van der Waals surface area contributed by atoms with Gasteiger partial charge in [-0.1, -0.05) is 23.2 Å². The number of hydrogen-bond acceptors (Lipinski definition) is 1. The average molecular weight is 205 g/mol. The molecule has 3 heteroatoms. The molecular weight excluding hydrogens is 195 g/mol. The standard InChI is InChI=1S/C9H10Cl2O/c1-3-12-7-4-8(10)6(2)9(11)5-7/h4-5H,3H2,1-2H3. The largest absolute Gasteiger partial charge is 0.494 e. The Labute approximate surface area is 82.2 Å². The summed E-state index contributed by atoms with van der Waals surface area (Å²) in [7, 11) is 0. The SMILES string of the molecule is CCOc1cc(Cl)c(C)c(Cl)c1. The van der Waals surface area contributed by atoms with Crippen LogP contribution in [0, 0.1) is 6.92 Å². The maximum Gasteiger partial charge on any atom is 0.122 e. The van der Waals surface area contributed by atoms with Crippen molar-refractivity contribution in [1.82, 2.24) is 0 Å². The van der Waals surface area contributed by atoms with E-state index in [4.69, 9.17) is 27.9 Å². The Kier molecular flexibility index (Phi) is 3.24. The van der Waals surface area contributed by atoms with Gasteiger partial charge < -0.3 is 4.74 Å². The van der Waals surface area contributed by atoms with Gasteiger partial charge in [0.15, 0.2) is 0 Å². The van der Waals surface area contributed by atoms with Crippen molar-refractivity contribution >= 4 is 23.2 Å². The zero-order valence-electron chi connectivity index (χ0n) is 7.03. The van der Waals surface area contributed by atoms with Gasteiger partial charge in [0.25, 0.3) is 0 Å². The van der Waals surface area contributed by atoms with Gasteiger partial charge in [-0.05, 0) is 31.5 Å². The summed E-state index contributed by atoms with van der Waals surface area (Å²) >= 11 is 11.8. The first kappa shape index (κ1) is 9.69. The van der Waals surface area contributed by atoms with Crippen molar-refractivity contribution in [2.45, 2.75) is 13.8 Å². The zero-order chi connectivity index (χ0) is 9.14. The second kappa shape index (κ2) is 4.01. The predicted octanol–water partition coefficient (Wildman–Crippen LogP) is 3.70. The number of halogens is 2. The Hall–Kier alpha value is -0.400. The quantitative estimate of drug-likeness (QED) is 0.715. The number of benzene rings is 1. The molecule has 1 nitrogen and oxygen atoms in total. The highest BCUT2D eigenvalue weighted by atomic mass is 35.5. The Balaban J connectivity index is 3.04. The van der Waals surface area contributed by atoms with Crippen LogP contribution in [0.4, 0.5) is 0 Å². The minimum absolute atomic E-state index is 0.621. The lowest BCUT2D eigenvalue weighted by Crippen LogP contribution is -1.91. The van der Waals surface area contributed by atoms with Crippen molar-refractivity contribution in [2.24, 2.45) is 0 Å². The Morgan fingerprint density at radius 2 is 1.75 bits per heavy atom. The fourth-order valence-corrected chi connectivity index (χ4v) is 1.34. The highest BCUT2D eigenvalue weighted by Gasteiger charge is 2.03. The van der Waals surface area contributed by atoms with E-state index < -0.39 is 0 Å². The second-order valence-electron chi connectivity index (χ2n) is 2.44. The van der Waals surface area contributed by atoms with Crippen LogP contribution in [0.15, 0.2) is 12.1 Å². The van der Waals surface area contributed by atoms with Gasteiger partial charge in [-0.2, -0.15) is 0 Å². The molecule has 66 valence electrons. The van der Waals surface area contributed by atoms with Crippen LogP contribution in [0.1, 0.15) is 12.5 Å². The molecule has 0 fully saturated rings. The first-order valence-corrected chi connectivity index (χ1v) is 4.49. The Morgan fingerprint density at radius 1 is 1.25 bits per heavy atom. The number of hydrogen-bond donors (Lipinski definition) is 0. The highest BCUT2D eigenvalue weighted by molar-refractivity contribution is 6.36. The molecule has 0 aliphatic rings. The third-order valence-electron chi connectivity index (χ3n) is 1.57. The summed E-state index contributed by atoms with van der Waals surface area (Å²) in [4.78, 5) is 0. The summed E-state index contributed by atoms with van der Waals surface area (Å²) in [6.45, 7) is 4.41. The van der Waals surface area contributed by atoms with Gasteiger partial charge in [0.2, 0.25) is 0 Å². The van der Waals surface area contributed by atoms with Crippen LogP contribution >= 0.6 is 23.2 Å². The molecule has 0 aliphatic carbocycles. The summed E-state index contributed by atoms with van der Waals surface area (Å²) in [5, 5.41) is 1.29. The van der Waals surface area contributed by atoms with E-state index in [1.807, 2.05) is 13.8 Å². The van der Waals surface area contributed by atoms with Gasteiger partial charge in [-0.15, -0.1) is 0 Å². The molecule has 1 rings (SSSR count). The molecule has 0 saturated heterocycles. The van der Waals surface area contributed by atoms with Crippen molar-refractivity contribution in [1.29, 1.82) is 0 Å². The minimum Gasteiger partial charge on any atom is -0.494 e. The van der Waals surface area contributed by atoms with E-state index in [1.165, 1.54) is 0 Å². The van der Waals surface area contributed by atoms with E-state index in [-0.39, 0.29) is 0 Å². The van der Waals surface area contributed by atoms with Gasteiger partial charge >= 0.3 is 0 Å². The van der Waals surface area contributed by atoms with Crippen molar-refractivity contribution in [3.63, 3.8) is 0 Å². The molecule has 0 heterocycles. The monoisotopic (exact) mass is 204 g/mol. The molecule has 1 aromatic carbocycles. The van der Waals surface area contributed by atoms with Crippen molar-refractivity contribution in [3.8, 4) is 5.75 Å². The summed E-state index contributed by atoms with van der Waals surface area (Å²) in [5.74, 6) is 0.720. The fraction of sp³-hybridized carbons (Fsp3) is 0.333. The van der Waals surface area contributed by atoms with Crippen molar-refractivity contribution in [3.05, 3.63) is 27.7 Å². The van der Waals surface area contributed by atoms with Crippen molar-refractivity contribution in [2.75, 3.05) is 6.61 Å². The molecule has 12 heavy (non-hydrogen) atoms. The van der Waals surface area contributed by atoms with Gasteiger partial charge in [0, 0.05) is 10.0 Å². The Morgan fingerprint density at radius 3 is 2.17 bits per heavy atom. The molecule has 0 spiro atoms. The van der Waals surface area contributed by atoms with E-state index >= 15 is 0 Å². The van der Waals surface area contributed by atoms with Crippen LogP contribution in [-0.2, 0) is 0 Å². The third-order valence-corrected chi connectivity index (χ3v) is 2.35. The first-order valence-electron chi connectivity index (χ1n) is 3.73. The Bertz CT molecular complexity index is 261. The predicted molar refractivity (Wildman–Crippen MR) is 52.4 cm³/mol. The maximum atomic E-state index is 5.89. The minimum atomic E-state index is 0.621. The molecule has 0 aliphatic heterocycles. The fourth-order valence-electron chi connectivity index (χ4n) is 0.872. The first-order chi connectivity index (χ1) is 5.65. The lowest BCUT2D eigenvalue weighted by atomic mass is 10.2. The smallest absolute Gasteiger partial charge is 0.122 e.